The molecule has 186 valence electrons. The minimum Gasteiger partial charge on any atom is -0.459 e. The van der Waals surface area contributed by atoms with Crippen molar-refractivity contribution < 1.29 is 28.7 Å². The predicted molar refractivity (Wildman–Crippen MR) is 134 cm³/mol. The molecule has 0 saturated carbocycles. The van der Waals surface area contributed by atoms with Gasteiger partial charge in [0.15, 0.2) is 11.5 Å². The van der Waals surface area contributed by atoms with Crippen molar-refractivity contribution in [1.29, 1.82) is 0 Å². The lowest BCUT2D eigenvalue weighted by molar-refractivity contribution is -0.385. The van der Waals surface area contributed by atoms with Crippen LogP contribution in [0.4, 0.5) is 11.4 Å². The summed E-state index contributed by atoms with van der Waals surface area (Å²) in [6.07, 6.45) is 3.54. The topological polar surface area (TPSA) is 108 Å². The molecule has 36 heavy (non-hydrogen) atoms. The Balaban J connectivity index is 1.81. The number of fused-ring (bicyclic) bond motifs is 2. The summed E-state index contributed by atoms with van der Waals surface area (Å²) in [6.45, 7) is 14.2. The minimum absolute atomic E-state index is 0.0767. The summed E-state index contributed by atoms with van der Waals surface area (Å²) < 4.78 is 17.5. The van der Waals surface area contributed by atoms with Crippen LogP contribution in [-0.4, -0.2) is 29.6 Å². The van der Waals surface area contributed by atoms with Crippen molar-refractivity contribution >= 4 is 29.4 Å². The smallest absolute Gasteiger partial charge is 0.338 e. The highest BCUT2D eigenvalue weighted by Gasteiger charge is 2.58. The number of carbonyl (C=O) groups excluding carboxylic acids is 2. The summed E-state index contributed by atoms with van der Waals surface area (Å²) in [5, 5.41) is 11.5. The number of nitrogens with zero attached hydrogens (tertiary/aromatic N) is 2. The molecule has 0 N–H and O–H groups in total. The molecule has 4 rings (SSSR count). The molecule has 2 heterocycles. The first-order valence-electron chi connectivity index (χ1n) is 11.1. The zero-order valence-corrected chi connectivity index (χ0v) is 20.7. The van der Waals surface area contributed by atoms with Crippen molar-refractivity contribution in [3.63, 3.8) is 0 Å². The molecule has 0 aromatic heterocycles. The number of esters is 2. The number of hydrogen-bond donors (Lipinski definition) is 0. The van der Waals surface area contributed by atoms with E-state index < -0.39 is 28.0 Å². The Hall–Kier alpha value is -4.40. The number of nitro groups is 1. The van der Waals surface area contributed by atoms with E-state index in [4.69, 9.17) is 14.2 Å². The lowest BCUT2D eigenvalue weighted by Crippen LogP contribution is -2.58. The number of nitro benzene ring substituents is 1. The second kappa shape index (κ2) is 8.37. The summed E-state index contributed by atoms with van der Waals surface area (Å²) in [5.41, 5.74) is 0.486. The molecule has 1 spiro atoms. The number of carbonyl (C=O) groups is 2. The zero-order chi connectivity index (χ0) is 26.6. The molecule has 0 aliphatic carbocycles. The molecule has 0 saturated heterocycles. The molecule has 2 aromatic carbocycles. The first-order valence-corrected chi connectivity index (χ1v) is 11.1. The van der Waals surface area contributed by atoms with Crippen molar-refractivity contribution in [2.75, 3.05) is 11.9 Å². The summed E-state index contributed by atoms with van der Waals surface area (Å²) in [6, 6.07) is 7.83. The van der Waals surface area contributed by atoms with E-state index in [9.17, 15) is 19.7 Å². The average molecular weight is 491 g/mol. The number of benzene rings is 2. The first kappa shape index (κ1) is 24.7. The molecule has 2 aliphatic heterocycles. The SMILES string of the molecule is C=C(C)C(=O)Oc1ccc2c(c1)C(C)(C)[C@@]1(C=Cc3cc([N+](=O)[O-])cc(OC(=O)C(=C)C)c3O1)N2C. The molecular weight excluding hydrogens is 464 g/mol. The molecule has 0 bridgehead atoms. The van der Waals surface area contributed by atoms with Crippen LogP contribution >= 0.6 is 0 Å². The van der Waals surface area contributed by atoms with Crippen LogP contribution in [0.3, 0.4) is 0 Å². The largest absolute Gasteiger partial charge is 0.459 e. The highest BCUT2D eigenvalue weighted by molar-refractivity contribution is 5.90. The van der Waals surface area contributed by atoms with Crippen molar-refractivity contribution in [3.05, 3.63) is 82.0 Å². The van der Waals surface area contributed by atoms with Gasteiger partial charge in [0.1, 0.15) is 5.75 Å². The monoisotopic (exact) mass is 490 g/mol. The van der Waals surface area contributed by atoms with Crippen molar-refractivity contribution in [2.45, 2.75) is 38.8 Å². The van der Waals surface area contributed by atoms with E-state index >= 15 is 0 Å². The molecule has 0 radical (unpaired) electrons. The third kappa shape index (κ3) is 3.73. The van der Waals surface area contributed by atoms with Gasteiger partial charge in [-0.05, 0) is 63.6 Å². The fraction of sp³-hybridized carbons (Fsp3) is 0.259. The molecule has 0 fully saturated rings. The lowest BCUT2D eigenvalue weighted by Gasteiger charge is -2.45. The van der Waals surface area contributed by atoms with Gasteiger partial charge in [-0.25, -0.2) is 9.59 Å². The second-order valence-electron chi connectivity index (χ2n) is 9.45. The summed E-state index contributed by atoms with van der Waals surface area (Å²) in [4.78, 5) is 37.2. The van der Waals surface area contributed by atoms with Gasteiger partial charge in [0.25, 0.3) is 5.69 Å². The Kier molecular flexibility index (Phi) is 5.75. The van der Waals surface area contributed by atoms with Crippen LogP contribution in [0.2, 0.25) is 0 Å². The van der Waals surface area contributed by atoms with Crippen LogP contribution in [0.25, 0.3) is 6.08 Å². The standard InChI is InChI=1S/C27H26N2O7/c1-15(2)24(30)34-19-8-9-21-20(14-19)26(5,6)27(28(21)7)11-10-17-12-18(29(32)33)13-22(23(17)36-27)35-25(31)16(3)4/h8-14H,1,3H2,2,4-7H3/t27-/m0/s1. The molecule has 0 unspecified atom stereocenters. The van der Waals surface area contributed by atoms with Crippen LogP contribution in [0, 0.1) is 10.1 Å². The quantitative estimate of drug-likeness (QED) is 0.188. The third-order valence-corrected chi connectivity index (χ3v) is 6.53. The number of rotatable bonds is 5. The van der Waals surface area contributed by atoms with Gasteiger partial charge in [-0.3, -0.25) is 10.1 Å². The molecular formula is C27H26N2O7. The first-order chi connectivity index (χ1) is 16.8. The van der Waals surface area contributed by atoms with Crippen molar-refractivity contribution in [2.24, 2.45) is 0 Å². The number of non-ortho nitro benzene ring substituents is 1. The van der Waals surface area contributed by atoms with Gasteiger partial charge in [-0.2, -0.15) is 0 Å². The Morgan fingerprint density at radius 3 is 2.31 bits per heavy atom. The fourth-order valence-electron chi connectivity index (χ4n) is 4.48. The van der Waals surface area contributed by atoms with E-state index in [-0.39, 0.29) is 28.3 Å². The summed E-state index contributed by atoms with van der Waals surface area (Å²) in [7, 11) is 1.85. The zero-order valence-electron chi connectivity index (χ0n) is 20.7. The van der Waals surface area contributed by atoms with E-state index in [1.165, 1.54) is 13.0 Å². The maximum absolute atomic E-state index is 12.3. The second-order valence-corrected chi connectivity index (χ2v) is 9.45. The molecule has 2 aromatic rings. The van der Waals surface area contributed by atoms with Crippen LogP contribution in [0.1, 0.15) is 38.8 Å². The molecule has 9 nitrogen and oxygen atoms in total. The van der Waals surface area contributed by atoms with Gasteiger partial charge < -0.3 is 19.1 Å². The highest BCUT2D eigenvalue weighted by Crippen LogP contribution is 2.56. The van der Waals surface area contributed by atoms with Crippen LogP contribution in [0.15, 0.2) is 60.7 Å². The Morgan fingerprint density at radius 1 is 1.06 bits per heavy atom. The van der Waals surface area contributed by atoms with Crippen molar-refractivity contribution in [1.82, 2.24) is 0 Å². The molecule has 2 aliphatic rings. The number of ether oxygens (including phenoxy) is 3. The van der Waals surface area contributed by atoms with Crippen LogP contribution in [0.5, 0.6) is 17.2 Å². The Bertz CT molecular complexity index is 1390. The minimum atomic E-state index is -1.08. The van der Waals surface area contributed by atoms with Gasteiger partial charge in [-0.1, -0.05) is 13.2 Å². The van der Waals surface area contributed by atoms with E-state index in [0.29, 0.717) is 11.3 Å². The normalized spacial score (nSPS) is 18.6. The predicted octanol–water partition coefficient (Wildman–Crippen LogP) is 5.09. The van der Waals surface area contributed by atoms with Gasteiger partial charge in [0.2, 0.25) is 5.72 Å². The number of anilines is 1. The maximum atomic E-state index is 12.3. The molecule has 1 atom stereocenters. The third-order valence-electron chi connectivity index (χ3n) is 6.53. The Morgan fingerprint density at radius 2 is 1.69 bits per heavy atom. The average Bonchev–Trinajstić information content (AvgIpc) is 2.96. The maximum Gasteiger partial charge on any atom is 0.338 e. The molecule has 9 heteroatoms. The van der Waals surface area contributed by atoms with Gasteiger partial charge >= 0.3 is 11.9 Å². The van der Waals surface area contributed by atoms with Crippen LogP contribution < -0.4 is 19.1 Å². The van der Waals surface area contributed by atoms with Gasteiger partial charge in [-0.15, -0.1) is 0 Å². The van der Waals surface area contributed by atoms with E-state index in [0.717, 1.165) is 17.3 Å². The lowest BCUT2D eigenvalue weighted by atomic mass is 9.76. The number of hydrogen-bond acceptors (Lipinski definition) is 8. The van der Waals surface area contributed by atoms with Crippen LogP contribution in [-0.2, 0) is 15.0 Å². The highest BCUT2D eigenvalue weighted by atomic mass is 16.6. The van der Waals surface area contributed by atoms with Crippen molar-refractivity contribution in [3.8, 4) is 17.2 Å². The van der Waals surface area contributed by atoms with E-state index in [2.05, 4.69) is 13.2 Å². The number of likely N-dealkylation sites (N-methyl/N-ethyl adjacent to an activating group) is 1. The molecule has 0 amide bonds. The van der Waals surface area contributed by atoms with Gasteiger partial charge in [0.05, 0.1) is 16.4 Å². The van der Waals surface area contributed by atoms with E-state index in [1.54, 1.807) is 25.1 Å². The summed E-state index contributed by atoms with van der Waals surface area (Å²) in [5.74, 6) is -0.767. The fourth-order valence-corrected chi connectivity index (χ4v) is 4.48. The summed E-state index contributed by atoms with van der Waals surface area (Å²) >= 11 is 0. The van der Waals surface area contributed by atoms with E-state index in [1.807, 2.05) is 37.9 Å². The van der Waals surface area contributed by atoms with Gasteiger partial charge in [0, 0.05) is 35.5 Å². The Labute approximate surface area is 208 Å².